The number of imidazole rings is 1. The van der Waals surface area contributed by atoms with Crippen LogP contribution in [0.2, 0.25) is 0 Å². The number of benzene rings is 1. The Labute approximate surface area is 113 Å². The number of amides is 1. The molecule has 1 atom stereocenters. The normalized spacial score (nSPS) is 19.3. The lowest BCUT2D eigenvalue weighted by atomic mass is 10.2. The second kappa shape index (κ2) is 4.68. The molecule has 1 fully saturated rings. The molecule has 1 amide bonds. The maximum Gasteiger partial charge on any atom is 0.220 e. The maximum atomic E-state index is 11.7. The second-order valence-electron chi connectivity index (χ2n) is 5.07. The van der Waals surface area contributed by atoms with Gasteiger partial charge in [0.1, 0.15) is 5.82 Å². The van der Waals surface area contributed by atoms with E-state index in [1.807, 2.05) is 23.1 Å². The number of nitrogens with zero attached hydrogens (tertiary/aromatic N) is 3. The number of hydrogen-bond donors (Lipinski definition) is 0. The summed E-state index contributed by atoms with van der Waals surface area (Å²) in [4.78, 5) is 18.5. The third kappa shape index (κ3) is 1.91. The highest BCUT2D eigenvalue weighted by Gasteiger charge is 2.31. The lowest BCUT2D eigenvalue weighted by Crippen LogP contribution is -2.29. The number of fused-ring (bicyclic) bond motifs is 1. The zero-order valence-electron chi connectivity index (χ0n) is 11.5. The first-order chi connectivity index (χ1) is 9.22. The zero-order chi connectivity index (χ0) is 13.4. The van der Waals surface area contributed by atoms with Crippen LogP contribution in [0.25, 0.3) is 11.0 Å². The SMILES string of the molecule is CCn1c([C@@H]2CCCN2C(C)=O)nc2ccccc21. The summed E-state index contributed by atoms with van der Waals surface area (Å²) in [6.07, 6.45) is 2.08. The molecule has 0 aliphatic carbocycles. The van der Waals surface area contributed by atoms with E-state index >= 15 is 0 Å². The first-order valence-corrected chi connectivity index (χ1v) is 6.94. The van der Waals surface area contributed by atoms with E-state index in [4.69, 9.17) is 4.98 Å². The van der Waals surface area contributed by atoms with Crippen molar-refractivity contribution < 1.29 is 4.79 Å². The van der Waals surface area contributed by atoms with E-state index in [9.17, 15) is 4.79 Å². The van der Waals surface area contributed by atoms with E-state index in [-0.39, 0.29) is 11.9 Å². The minimum atomic E-state index is 0.143. The van der Waals surface area contributed by atoms with Gasteiger partial charge in [-0.3, -0.25) is 4.79 Å². The highest BCUT2D eigenvalue weighted by Crippen LogP contribution is 2.33. The van der Waals surface area contributed by atoms with Gasteiger partial charge < -0.3 is 9.47 Å². The number of carbonyl (C=O) groups excluding carboxylic acids is 1. The van der Waals surface area contributed by atoms with Gasteiger partial charge >= 0.3 is 0 Å². The second-order valence-corrected chi connectivity index (χ2v) is 5.07. The molecule has 1 saturated heterocycles. The van der Waals surface area contributed by atoms with Crippen molar-refractivity contribution in [3.05, 3.63) is 30.1 Å². The maximum absolute atomic E-state index is 11.7. The van der Waals surface area contributed by atoms with Gasteiger partial charge in [0.05, 0.1) is 17.1 Å². The van der Waals surface area contributed by atoms with Crippen molar-refractivity contribution >= 4 is 16.9 Å². The molecule has 0 bridgehead atoms. The summed E-state index contributed by atoms with van der Waals surface area (Å²) in [6.45, 7) is 5.52. The van der Waals surface area contributed by atoms with Gasteiger partial charge in [0.25, 0.3) is 0 Å². The first kappa shape index (κ1) is 12.2. The largest absolute Gasteiger partial charge is 0.333 e. The quantitative estimate of drug-likeness (QED) is 0.829. The van der Waals surface area contributed by atoms with Gasteiger partial charge in [0.2, 0.25) is 5.91 Å². The molecule has 19 heavy (non-hydrogen) atoms. The number of aryl methyl sites for hydroxylation is 1. The average Bonchev–Trinajstić information content (AvgIpc) is 3.02. The van der Waals surface area contributed by atoms with Crippen molar-refractivity contribution in [2.75, 3.05) is 6.54 Å². The van der Waals surface area contributed by atoms with E-state index in [1.165, 1.54) is 0 Å². The fourth-order valence-corrected chi connectivity index (χ4v) is 3.09. The van der Waals surface area contributed by atoms with E-state index in [2.05, 4.69) is 17.6 Å². The van der Waals surface area contributed by atoms with Gasteiger partial charge in [0.15, 0.2) is 0 Å². The molecule has 4 nitrogen and oxygen atoms in total. The molecule has 100 valence electrons. The third-order valence-electron chi connectivity index (χ3n) is 3.96. The molecule has 3 rings (SSSR count). The number of rotatable bonds is 2. The molecule has 1 aliphatic rings. The number of hydrogen-bond acceptors (Lipinski definition) is 2. The molecule has 4 heteroatoms. The Morgan fingerprint density at radius 1 is 1.42 bits per heavy atom. The highest BCUT2D eigenvalue weighted by atomic mass is 16.2. The Bertz CT molecular complexity index is 617. The van der Waals surface area contributed by atoms with Crippen LogP contribution in [0, 0.1) is 0 Å². The molecule has 0 radical (unpaired) electrons. The van der Waals surface area contributed by atoms with Crippen LogP contribution >= 0.6 is 0 Å². The smallest absolute Gasteiger partial charge is 0.220 e. The predicted octanol–water partition coefficient (Wildman–Crippen LogP) is 2.74. The fraction of sp³-hybridized carbons (Fsp3) is 0.467. The summed E-state index contributed by atoms with van der Waals surface area (Å²) < 4.78 is 2.24. The van der Waals surface area contributed by atoms with Crippen molar-refractivity contribution in [3.63, 3.8) is 0 Å². The van der Waals surface area contributed by atoms with Gasteiger partial charge in [-0.25, -0.2) is 4.98 Å². The van der Waals surface area contributed by atoms with E-state index in [0.717, 1.165) is 42.8 Å². The number of carbonyl (C=O) groups is 1. The van der Waals surface area contributed by atoms with Gasteiger partial charge in [-0.15, -0.1) is 0 Å². The van der Waals surface area contributed by atoms with Crippen LogP contribution in [0.5, 0.6) is 0 Å². The summed E-state index contributed by atoms with van der Waals surface area (Å²) >= 11 is 0. The monoisotopic (exact) mass is 257 g/mol. The topological polar surface area (TPSA) is 38.1 Å². The van der Waals surface area contributed by atoms with Crippen LogP contribution in [-0.4, -0.2) is 26.9 Å². The summed E-state index contributed by atoms with van der Waals surface area (Å²) in [5.74, 6) is 1.19. The Kier molecular flexibility index (Phi) is 3.01. The van der Waals surface area contributed by atoms with Gasteiger partial charge in [-0.05, 0) is 31.9 Å². The van der Waals surface area contributed by atoms with Crippen LogP contribution in [0.1, 0.15) is 38.6 Å². The van der Waals surface area contributed by atoms with Crippen LogP contribution < -0.4 is 0 Å². The lowest BCUT2D eigenvalue weighted by molar-refractivity contribution is -0.129. The number of aromatic nitrogens is 2. The van der Waals surface area contributed by atoms with Gasteiger partial charge in [0, 0.05) is 20.0 Å². The van der Waals surface area contributed by atoms with Gasteiger partial charge in [-0.1, -0.05) is 12.1 Å². The summed E-state index contributed by atoms with van der Waals surface area (Å²) in [5, 5.41) is 0. The molecular formula is C15H19N3O. The fourth-order valence-electron chi connectivity index (χ4n) is 3.09. The molecule has 0 N–H and O–H groups in total. The van der Waals surface area contributed by atoms with Crippen LogP contribution in [0.15, 0.2) is 24.3 Å². The molecule has 0 saturated carbocycles. The Balaban J connectivity index is 2.11. The van der Waals surface area contributed by atoms with Crippen molar-refractivity contribution in [3.8, 4) is 0 Å². The molecular weight excluding hydrogens is 238 g/mol. The summed E-state index contributed by atoms with van der Waals surface area (Å²) in [6, 6.07) is 8.33. The van der Waals surface area contributed by atoms with Crippen LogP contribution in [0.4, 0.5) is 0 Å². The predicted molar refractivity (Wildman–Crippen MR) is 74.8 cm³/mol. The molecule has 1 aromatic carbocycles. The van der Waals surface area contributed by atoms with Crippen molar-refractivity contribution in [1.29, 1.82) is 0 Å². The molecule has 1 aliphatic heterocycles. The van der Waals surface area contributed by atoms with Crippen molar-refractivity contribution in [1.82, 2.24) is 14.5 Å². The number of likely N-dealkylation sites (tertiary alicyclic amines) is 1. The molecule has 0 unspecified atom stereocenters. The molecule has 1 aromatic heterocycles. The lowest BCUT2D eigenvalue weighted by Gasteiger charge is -2.23. The Morgan fingerprint density at radius 3 is 2.95 bits per heavy atom. The summed E-state index contributed by atoms with van der Waals surface area (Å²) in [7, 11) is 0. The standard InChI is InChI=1S/C15H19N3O/c1-3-17-13-8-5-4-7-12(13)16-15(17)14-9-6-10-18(14)11(2)19/h4-5,7-8,14H,3,6,9-10H2,1-2H3/t14-/m0/s1. The first-order valence-electron chi connectivity index (χ1n) is 6.94. The summed E-state index contributed by atoms with van der Waals surface area (Å²) in [5.41, 5.74) is 2.19. The highest BCUT2D eigenvalue weighted by molar-refractivity contribution is 5.77. The Morgan fingerprint density at radius 2 is 2.21 bits per heavy atom. The van der Waals surface area contributed by atoms with Gasteiger partial charge in [-0.2, -0.15) is 0 Å². The zero-order valence-corrected chi connectivity index (χ0v) is 11.5. The number of para-hydroxylation sites is 2. The van der Waals surface area contributed by atoms with E-state index in [0.29, 0.717) is 0 Å². The molecule has 2 aromatic rings. The van der Waals surface area contributed by atoms with E-state index < -0.39 is 0 Å². The third-order valence-corrected chi connectivity index (χ3v) is 3.96. The minimum Gasteiger partial charge on any atom is -0.333 e. The molecule has 2 heterocycles. The van der Waals surface area contributed by atoms with E-state index in [1.54, 1.807) is 6.92 Å². The van der Waals surface area contributed by atoms with Crippen LogP contribution in [-0.2, 0) is 11.3 Å². The van der Waals surface area contributed by atoms with Crippen molar-refractivity contribution in [2.24, 2.45) is 0 Å². The van der Waals surface area contributed by atoms with Crippen molar-refractivity contribution in [2.45, 2.75) is 39.3 Å². The van der Waals surface area contributed by atoms with Crippen LogP contribution in [0.3, 0.4) is 0 Å². The minimum absolute atomic E-state index is 0.143. The average molecular weight is 257 g/mol. The molecule has 0 spiro atoms. The Hall–Kier alpha value is -1.84.